The molecule has 0 aliphatic heterocycles. The topological polar surface area (TPSA) is 17.3 Å². The third kappa shape index (κ3) is 1.95. The first-order valence-electron chi connectivity index (χ1n) is 5.85. The molecule has 0 bridgehead atoms. The maximum absolute atomic E-state index is 4.67. The van der Waals surface area contributed by atoms with Gasteiger partial charge in [0.15, 0.2) is 0 Å². The third-order valence-electron chi connectivity index (χ3n) is 3.05. The SMILES string of the molecule is Cc1cccc(-c2cn3cc(Br)c(C)cc3n2)c1. The Bertz CT molecular complexity index is 689. The average Bonchev–Trinajstić information content (AvgIpc) is 2.73. The quantitative estimate of drug-likeness (QED) is 0.652. The second-order valence-electron chi connectivity index (χ2n) is 4.57. The minimum atomic E-state index is 0.979. The standard InChI is InChI=1S/C15H13BrN2/c1-10-4-3-5-12(6-10)14-9-18-8-13(16)11(2)7-15(18)17-14/h3-9H,1-2H3. The van der Waals surface area contributed by atoms with Crippen LogP contribution in [0.1, 0.15) is 11.1 Å². The van der Waals surface area contributed by atoms with Gasteiger partial charge >= 0.3 is 0 Å². The van der Waals surface area contributed by atoms with Crippen molar-refractivity contribution in [2.75, 3.05) is 0 Å². The van der Waals surface area contributed by atoms with E-state index in [1.807, 2.05) is 0 Å². The molecular weight excluding hydrogens is 288 g/mol. The van der Waals surface area contributed by atoms with E-state index in [1.54, 1.807) is 0 Å². The van der Waals surface area contributed by atoms with Crippen LogP contribution in [0.25, 0.3) is 16.9 Å². The highest BCUT2D eigenvalue weighted by atomic mass is 79.9. The van der Waals surface area contributed by atoms with E-state index in [-0.39, 0.29) is 0 Å². The molecule has 0 fully saturated rings. The Morgan fingerprint density at radius 2 is 1.94 bits per heavy atom. The van der Waals surface area contributed by atoms with Gasteiger partial charge in [-0.3, -0.25) is 0 Å². The monoisotopic (exact) mass is 300 g/mol. The fourth-order valence-electron chi connectivity index (χ4n) is 2.05. The lowest BCUT2D eigenvalue weighted by Gasteiger charge is -1.98. The fraction of sp³-hybridized carbons (Fsp3) is 0.133. The molecule has 0 spiro atoms. The smallest absolute Gasteiger partial charge is 0.137 e. The Morgan fingerprint density at radius 1 is 1.11 bits per heavy atom. The highest BCUT2D eigenvalue weighted by molar-refractivity contribution is 9.10. The number of aromatic nitrogens is 2. The lowest BCUT2D eigenvalue weighted by Crippen LogP contribution is -1.85. The van der Waals surface area contributed by atoms with Gasteiger partial charge in [-0.15, -0.1) is 0 Å². The van der Waals surface area contributed by atoms with Crippen LogP contribution in [-0.2, 0) is 0 Å². The van der Waals surface area contributed by atoms with E-state index < -0.39 is 0 Å². The van der Waals surface area contributed by atoms with Crippen LogP contribution in [0.4, 0.5) is 0 Å². The summed E-state index contributed by atoms with van der Waals surface area (Å²) in [5.74, 6) is 0. The van der Waals surface area contributed by atoms with Gasteiger partial charge in [0.2, 0.25) is 0 Å². The van der Waals surface area contributed by atoms with E-state index in [2.05, 4.69) is 81.9 Å². The summed E-state index contributed by atoms with van der Waals surface area (Å²) in [6.45, 7) is 4.17. The van der Waals surface area contributed by atoms with Crippen molar-refractivity contribution in [1.82, 2.24) is 9.38 Å². The molecule has 3 heteroatoms. The van der Waals surface area contributed by atoms with E-state index in [1.165, 1.54) is 11.1 Å². The Balaban J connectivity index is 2.19. The molecule has 0 unspecified atom stereocenters. The van der Waals surface area contributed by atoms with E-state index in [9.17, 15) is 0 Å². The van der Waals surface area contributed by atoms with Crippen LogP contribution in [-0.4, -0.2) is 9.38 Å². The highest BCUT2D eigenvalue weighted by Gasteiger charge is 2.06. The van der Waals surface area contributed by atoms with Gasteiger partial charge in [-0.1, -0.05) is 23.8 Å². The first kappa shape index (κ1) is 11.5. The number of fused-ring (bicyclic) bond motifs is 1. The predicted molar refractivity (Wildman–Crippen MR) is 77.8 cm³/mol. The molecule has 0 radical (unpaired) electrons. The molecule has 1 aromatic carbocycles. The molecule has 0 aliphatic rings. The van der Waals surface area contributed by atoms with Crippen LogP contribution in [0.2, 0.25) is 0 Å². The summed E-state index contributed by atoms with van der Waals surface area (Å²) < 4.78 is 3.15. The number of pyridine rings is 1. The van der Waals surface area contributed by atoms with Crippen molar-refractivity contribution in [2.24, 2.45) is 0 Å². The fourth-order valence-corrected chi connectivity index (χ4v) is 2.38. The van der Waals surface area contributed by atoms with Gasteiger partial charge in [-0.05, 0) is 47.5 Å². The zero-order valence-corrected chi connectivity index (χ0v) is 11.9. The molecule has 3 aromatic rings. The molecule has 0 atom stereocenters. The zero-order chi connectivity index (χ0) is 12.7. The van der Waals surface area contributed by atoms with Gasteiger partial charge < -0.3 is 4.40 Å². The summed E-state index contributed by atoms with van der Waals surface area (Å²) in [7, 11) is 0. The Hall–Kier alpha value is -1.61. The number of rotatable bonds is 1. The van der Waals surface area contributed by atoms with Gasteiger partial charge in [-0.2, -0.15) is 0 Å². The van der Waals surface area contributed by atoms with Gasteiger partial charge in [0.05, 0.1) is 5.69 Å². The molecule has 0 aliphatic carbocycles. The average molecular weight is 301 g/mol. The summed E-state index contributed by atoms with van der Waals surface area (Å²) in [6, 6.07) is 10.5. The zero-order valence-electron chi connectivity index (χ0n) is 10.3. The number of hydrogen-bond donors (Lipinski definition) is 0. The van der Waals surface area contributed by atoms with Crippen LogP contribution in [0.15, 0.2) is 47.2 Å². The van der Waals surface area contributed by atoms with Crippen LogP contribution < -0.4 is 0 Å². The van der Waals surface area contributed by atoms with Crippen molar-refractivity contribution in [2.45, 2.75) is 13.8 Å². The first-order chi connectivity index (χ1) is 8.63. The summed E-state index contributed by atoms with van der Waals surface area (Å²) >= 11 is 3.54. The van der Waals surface area contributed by atoms with Crippen molar-refractivity contribution in [3.63, 3.8) is 0 Å². The van der Waals surface area contributed by atoms with E-state index in [0.29, 0.717) is 0 Å². The normalized spacial score (nSPS) is 11.1. The summed E-state index contributed by atoms with van der Waals surface area (Å²) in [4.78, 5) is 4.67. The predicted octanol–water partition coefficient (Wildman–Crippen LogP) is 4.38. The van der Waals surface area contributed by atoms with Crippen molar-refractivity contribution in [1.29, 1.82) is 0 Å². The van der Waals surface area contributed by atoms with Gasteiger partial charge in [0.25, 0.3) is 0 Å². The molecule has 2 aromatic heterocycles. The number of aryl methyl sites for hydroxylation is 2. The van der Waals surface area contributed by atoms with Gasteiger partial charge in [0.1, 0.15) is 5.65 Å². The molecule has 3 rings (SSSR count). The summed E-state index contributed by atoms with van der Waals surface area (Å²) in [5.41, 5.74) is 5.60. The number of hydrogen-bond acceptors (Lipinski definition) is 1. The highest BCUT2D eigenvalue weighted by Crippen LogP contribution is 2.23. The minimum Gasteiger partial charge on any atom is -0.305 e. The molecule has 90 valence electrons. The number of nitrogens with zero attached hydrogens (tertiary/aromatic N) is 2. The maximum atomic E-state index is 4.67. The number of imidazole rings is 1. The summed E-state index contributed by atoms with van der Waals surface area (Å²) in [6.07, 6.45) is 4.12. The van der Waals surface area contributed by atoms with E-state index >= 15 is 0 Å². The largest absolute Gasteiger partial charge is 0.305 e. The van der Waals surface area contributed by atoms with Gasteiger partial charge in [-0.25, -0.2) is 4.98 Å². The first-order valence-corrected chi connectivity index (χ1v) is 6.65. The Morgan fingerprint density at radius 3 is 2.72 bits per heavy atom. The third-order valence-corrected chi connectivity index (χ3v) is 3.88. The molecule has 0 amide bonds. The Kier molecular flexibility index (Phi) is 2.71. The molecule has 0 saturated heterocycles. The molecule has 2 heterocycles. The lowest BCUT2D eigenvalue weighted by atomic mass is 10.1. The van der Waals surface area contributed by atoms with Crippen molar-refractivity contribution < 1.29 is 0 Å². The second-order valence-corrected chi connectivity index (χ2v) is 5.42. The maximum Gasteiger partial charge on any atom is 0.137 e. The van der Waals surface area contributed by atoms with Crippen molar-refractivity contribution >= 4 is 21.6 Å². The van der Waals surface area contributed by atoms with Crippen LogP contribution in [0, 0.1) is 13.8 Å². The molecule has 18 heavy (non-hydrogen) atoms. The van der Waals surface area contributed by atoms with E-state index in [4.69, 9.17) is 0 Å². The summed E-state index contributed by atoms with van der Waals surface area (Å²) in [5, 5.41) is 0. The van der Waals surface area contributed by atoms with E-state index in [0.717, 1.165) is 21.4 Å². The van der Waals surface area contributed by atoms with Crippen LogP contribution in [0.3, 0.4) is 0 Å². The van der Waals surface area contributed by atoms with Crippen molar-refractivity contribution in [3.8, 4) is 11.3 Å². The molecule has 0 N–H and O–H groups in total. The molecular formula is C15H13BrN2. The molecule has 2 nitrogen and oxygen atoms in total. The number of halogens is 1. The van der Waals surface area contributed by atoms with Crippen LogP contribution in [0.5, 0.6) is 0 Å². The Labute approximate surface area is 114 Å². The number of benzene rings is 1. The molecule has 0 saturated carbocycles. The second kappa shape index (κ2) is 4.25. The minimum absolute atomic E-state index is 0.979. The van der Waals surface area contributed by atoms with Crippen LogP contribution >= 0.6 is 15.9 Å². The lowest BCUT2D eigenvalue weighted by molar-refractivity contribution is 1.16. The van der Waals surface area contributed by atoms with Gasteiger partial charge in [0, 0.05) is 22.4 Å². The van der Waals surface area contributed by atoms with Crippen molar-refractivity contribution in [3.05, 3.63) is 58.3 Å².